The maximum Gasteiger partial charge on any atom is 0.222 e. The molecule has 20 heavy (non-hydrogen) atoms. The lowest BCUT2D eigenvalue weighted by Gasteiger charge is -2.23. The molecule has 0 unspecified atom stereocenters. The minimum Gasteiger partial charge on any atom is -0.343 e. The van der Waals surface area contributed by atoms with Crippen LogP contribution in [0.4, 0.5) is 0 Å². The van der Waals surface area contributed by atoms with Gasteiger partial charge in [-0.15, -0.1) is 23.7 Å². The van der Waals surface area contributed by atoms with Crippen LogP contribution in [0.2, 0.25) is 0 Å². The van der Waals surface area contributed by atoms with E-state index in [1.54, 1.807) is 11.3 Å². The van der Waals surface area contributed by atoms with Gasteiger partial charge in [-0.3, -0.25) is 4.79 Å². The molecule has 1 aromatic rings. The van der Waals surface area contributed by atoms with E-state index in [1.807, 2.05) is 4.90 Å². The van der Waals surface area contributed by atoms with Gasteiger partial charge >= 0.3 is 0 Å². The summed E-state index contributed by atoms with van der Waals surface area (Å²) in [7, 11) is 0. The molecule has 114 valence electrons. The number of hydrogen-bond donors (Lipinski definition) is 1. The normalized spacial score (nSPS) is 21.5. The molecule has 0 spiro atoms. The van der Waals surface area contributed by atoms with Gasteiger partial charge in [0.25, 0.3) is 0 Å². The molecule has 2 rings (SSSR count). The fourth-order valence-electron chi connectivity index (χ4n) is 2.83. The van der Waals surface area contributed by atoms with Crippen LogP contribution in [0.3, 0.4) is 0 Å². The van der Waals surface area contributed by atoms with Crippen molar-refractivity contribution in [3.8, 4) is 0 Å². The largest absolute Gasteiger partial charge is 0.343 e. The number of nitrogens with zero attached hydrogens (tertiary/aromatic N) is 1. The predicted octanol–water partition coefficient (Wildman–Crippen LogP) is 3.08. The lowest BCUT2D eigenvalue weighted by Crippen LogP contribution is -2.36. The quantitative estimate of drug-likeness (QED) is 0.876. The van der Waals surface area contributed by atoms with Crippen LogP contribution in [0.15, 0.2) is 17.5 Å². The van der Waals surface area contributed by atoms with Crippen molar-refractivity contribution in [2.24, 2.45) is 11.7 Å². The number of nitrogens with two attached hydrogens (primary N) is 1. The first kappa shape index (κ1) is 17.5. The van der Waals surface area contributed by atoms with E-state index < -0.39 is 0 Å². The summed E-state index contributed by atoms with van der Waals surface area (Å²) in [6.45, 7) is 3.69. The molecule has 1 aliphatic rings. The smallest absolute Gasteiger partial charge is 0.222 e. The average Bonchev–Trinajstić information content (AvgIpc) is 3.03. The highest BCUT2D eigenvalue weighted by Gasteiger charge is 2.27. The first-order chi connectivity index (χ1) is 9.20. The third-order valence-electron chi connectivity index (χ3n) is 4.10. The summed E-state index contributed by atoms with van der Waals surface area (Å²) in [5, 5.41) is 2.09. The molecule has 1 aromatic heterocycles. The summed E-state index contributed by atoms with van der Waals surface area (Å²) >= 11 is 1.76. The van der Waals surface area contributed by atoms with Gasteiger partial charge in [0, 0.05) is 30.4 Å². The van der Waals surface area contributed by atoms with Gasteiger partial charge in [-0.2, -0.15) is 0 Å². The SMILES string of the molecule is CCN(CCc1cccs1)C(=O)C[C@@H]1CCC[C@H]1N.Cl. The molecular weight excluding hydrogens is 292 g/mol. The number of hydrogen-bond acceptors (Lipinski definition) is 3. The zero-order chi connectivity index (χ0) is 13.7. The second-order valence-electron chi connectivity index (χ2n) is 5.36. The van der Waals surface area contributed by atoms with Crippen LogP contribution in [0.1, 0.15) is 37.5 Å². The fourth-order valence-corrected chi connectivity index (χ4v) is 3.53. The Morgan fingerprint density at radius 3 is 2.85 bits per heavy atom. The zero-order valence-electron chi connectivity index (χ0n) is 12.1. The number of carbonyl (C=O) groups excluding carboxylic acids is 1. The maximum atomic E-state index is 12.3. The molecule has 1 heterocycles. The summed E-state index contributed by atoms with van der Waals surface area (Å²) in [5.41, 5.74) is 6.05. The molecule has 1 fully saturated rings. The second-order valence-corrected chi connectivity index (χ2v) is 6.39. The van der Waals surface area contributed by atoms with Gasteiger partial charge in [0.2, 0.25) is 5.91 Å². The molecule has 1 amide bonds. The van der Waals surface area contributed by atoms with E-state index in [4.69, 9.17) is 5.73 Å². The maximum absolute atomic E-state index is 12.3. The minimum absolute atomic E-state index is 0. The molecule has 0 aromatic carbocycles. The molecule has 5 heteroatoms. The van der Waals surface area contributed by atoms with Gasteiger partial charge < -0.3 is 10.6 Å². The Morgan fingerprint density at radius 1 is 1.50 bits per heavy atom. The van der Waals surface area contributed by atoms with Gasteiger partial charge in [0.1, 0.15) is 0 Å². The van der Waals surface area contributed by atoms with E-state index >= 15 is 0 Å². The molecule has 1 aliphatic carbocycles. The Labute approximate surface area is 131 Å². The lowest BCUT2D eigenvalue weighted by atomic mass is 9.99. The van der Waals surface area contributed by atoms with Crippen LogP contribution in [-0.4, -0.2) is 29.9 Å². The topological polar surface area (TPSA) is 46.3 Å². The summed E-state index contributed by atoms with van der Waals surface area (Å²) in [5.74, 6) is 0.685. The molecule has 0 bridgehead atoms. The molecule has 2 atom stereocenters. The summed E-state index contributed by atoms with van der Waals surface area (Å²) < 4.78 is 0. The highest BCUT2D eigenvalue weighted by molar-refractivity contribution is 7.09. The number of halogens is 1. The predicted molar refractivity (Wildman–Crippen MR) is 87.5 cm³/mol. The highest BCUT2D eigenvalue weighted by atomic mass is 35.5. The Balaban J connectivity index is 0.00000200. The van der Waals surface area contributed by atoms with Crippen LogP contribution >= 0.6 is 23.7 Å². The Morgan fingerprint density at radius 2 is 2.30 bits per heavy atom. The first-order valence-corrected chi connectivity index (χ1v) is 8.14. The van der Waals surface area contributed by atoms with Crippen LogP contribution in [-0.2, 0) is 11.2 Å². The first-order valence-electron chi connectivity index (χ1n) is 7.26. The minimum atomic E-state index is 0. The summed E-state index contributed by atoms with van der Waals surface area (Å²) in [4.78, 5) is 15.6. The van der Waals surface area contributed by atoms with E-state index in [1.165, 1.54) is 11.3 Å². The number of likely N-dealkylation sites (N-methyl/N-ethyl adjacent to an activating group) is 1. The van der Waals surface area contributed by atoms with Crippen LogP contribution in [0.5, 0.6) is 0 Å². The van der Waals surface area contributed by atoms with E-state index in [2.05, 4.69) is 24.4 Å². The van der Waals surface area contributed by atoms with Crippen molar-refractivity contribution in [2.75, 3.05) is 13.1 Å². The average molecular weight is 317 g/mol. The van der Waals surface area contributed by atoms with Crippen molar-refractivity contribution < 1.29 is 4.79 Å². The van der Waals surface area contributed by atoms with Crippen LogP contribution in [0, 0.1) is 5.92 Å². The van der Waals surface area contributed by atoms with E-state index in [0.29, 0.717) is 12.3 Å². The van der Waals surface area contributed by atoms with E-state index in [9.17, 15) is 4.79 Å². The number of carbonyl (C=O) groups is 1. The number of amides is 1. The van der Waals surface area contributed by atoms with Crippen LogP contribution < -0.4 is 5.73 Å². The third kappa shape index (κ3) is 4.76. The van der Waals surface area contributed by atoms with Gasteiger partial charge in [-0.1, -0.05) is 12.5 Å². The Hall–Kier alpha value is -0.580. The molecule has 0 radical (unpaired) electrons. The number of rotatable bonds is 6. The van der Waals surface area contributed by atoms with Gasteiger partial charge in [-0.05, 0) is 43.6 Å². The van der Waals surface area contributed by atoms with Crippen molar-refractivity contribution in [2.45, 2.75) is 45.1 Å². The fraction of sp³-hybridized carbons (Fsp3) is 0.667. The standard InChI is InChI=1S/C15H24N2OS.ClH/c1-2-17(9-8-13-6-4-10-19-13)15(18)11-12-5-3-7-14(12)16;/h4,6,10,12,14H,2-3,5,7-9,11,16H2,1H3;1H/t12-,14+;/m0./s1. The molecule has 1 saturated carbocycles. The van der Waals surface area contributed by atoms with Gasteiger partial charge in [0.05, 0.1) is 0 Å². The Kier molecular flexibility index (Phi) is 7.56. The van der Waals surface area contributed by atoms with Crippen molar-refractivity contribution in [3.63, 3.8) is 0 Å². The van der Waals surface area contributed by atoms with E-state index in [-0.39, 0.29) is 24.4 Å². The Bertz CT molecular complexity index is 397. The zero-order valence-corrected chi connectivity index (χ0v) is 13.7. The number of thiophene rings is 1. The van der Waals surface area contributed by atoms with Crippen molar-refractivity contribution in [1.29, 1.82) is 0 Å². The lowest BCUT2D eigenvalue weighted by molar-refractivity contribution is -0.132. The van der Waals surface area contributed by atoms with E-state index in [0.717, 1.165) is 32.4 Å². The third-order valence-corrected chi connectivity index (χ3v) is 5.03. The van der Waals surface area contributed by atoms with Crippen molar-refractivity contribution in [3.05, 3.63) is 22.4 Å². The van der Waals surface area contributed by atoms with Gasteiger partial charge in [0.15, 0.2) is 0 Å². The molecular formula is C15H25ClN2OS. The monoisotopic (exact) mass is 316 g/mol. The highest BCUT2D eigenvalue weighted by Crippen LogP contribution is 2.27. The molecule has 0 aliphatic heterocycles. The molecule has 0 saturated heterocycles. The molecule has 2 N–H and O–H groups in total. The summed E-state index contributed by atoms with van der Waals surface area (Å²) in [6.07, 6.45) is 4.99. The molecule has 3 nitrogen and oxygen atoms in total. The summed E-state index contributed by atoms with van der Waals surface area (Å²) in [6, 6.07) is 4.44. The van der Waals surface area contributed by atoms with Crippen molar-refractivity contribution >= 4 is 29.7 Å². The van der Waals surface area contributed by atoms with Crippen molar-refractivity contribution in [1.82, 2.24) is 4.90 Å². The second kappa shape index (κ2) is 8.65. The van der Waals surface area contributed by atoms with Gasteiger partial charge in [-0.25, -0.2) is 0 Å². The van der Waals surface area contributed by atoms with Crippen LogP contribution in [0.25, 0.3) is 0 Å².